The van der Waals surface area contributed by atoms with Gasteiger partial charge in [0.15, 0.2) is 0 Å². The number of nitrogens with zero attached hydrogens (tertiary/aromatic N) is 2. The summed E-state index contributed by atoms with van der Waals surface area (Å²) in [7, 11) is -3.15. The van der Waals surface area contributed by atoms with Gasteiger partial charge in [0.05, 0.1) is 18.0 Å². The average Bonchev–Trinajstić information content (AvgIpc) is 3.06. The van der Waals surface area contributed by atoms with Crippen molar-refractivity contribution in [2.45, 2.75) is 24.9 Å². The molecule has 0 aliphatic carbocycles. The van der Waals surface area contributed by atoms with Crippen LogP contribution in [0.15, 0.2) is 54.7 Å². The third-order valence-corrected chi connectivity index (χ3v) is 5.76. The molecule has 5 nitrogen and oxygen atoms in total. The van der Waals surface area contributed by atoms with Crippen LogP contribution in [0.3, 0.4) is 0 Å². The Morgan fingerprint density at radius 2 is 1.96 bits per heavy atom. The summed E-state index contributed by atoms with van der Waals surface area (Å²) in [6, 6.07) is 16.0. The number of aromatic nitrogens is 1. The highest BCUT2D eigenvalue weighted by Gasteiger charge is 2.31. The SMILES string of the molecule is CS(=O)(=O)N1CCC[C@@H]1CNC(c1ccccc1)c1ccccn1. The second-order valence-electron chi connectivity index (χ2n) is 6.18. The highest BCUT2D eigenvalue weighted by molar-refractivity contribution is 7.88. The van der Waals surface area contributed by atoms with Crippen molar-refractivity contribution in [2.75, 3.05) is 19.3 Å². The number of pyridine rings is 1. The summed E-state index contributed by atoms with van der Waals surface area (Å²) in [4.78, 5) is 4.47. The molecule has 2 aromatic rings. The van der Waals surface area contributed by atoms with E-state index in [4.69, 9.17) is 0 Å². The third kappa shape index (κ3) is 4.01. The van der Waals surface area contributed by atoms with Crippen molar-refractivity contribution >= 4 is 10.0 Å². The molecule has 0 radical (unpaired) electrons. The van der Waals surface area contributed by atoms with Crippen LogP contribution in [-0.2, 0) is 10.0 Å². The maximum atomic E-state index is 11.9. The van der Waals surface area contributed by atoms with E-state index in [0.29, 0.717) is 13.1 Å². The first kappa shape index (κ1) is 17.1. The molecule has 0 bridgehead atoms. The Hall–Kier alpha value is -1.76. The topological polar surface area (TPSA) is 62.3 Å². The lowest BCUT2D eigenvalue weighted by molar-refractivity contribution is 0.366. The minimum Gasteiger partial charge on any atom is -0.303 e. The van der Waals surface area contributed by atoms with Gasteiger partial charge in [-0.15, -0.1) is 0 Å². The fraction of sp³-hybridized carbons (Fsp3) is 0.389. The normalized spacial score (nSPS) is 20.1. The average molecular weight is 345 g/mol. The summed E-state index contributed by atoms with van der Waals surface area (Å²) in [5.74, 6) is 0. The van der Waals surface area contributed by atoms with Crippen molar-refractivity contribution in [2.24, 2.45) is 0 Å². The number of benzene rings is 1. The standard InChI is InChI=1S/C18H23N3O2S/c1-24(22,23)21-13-7-10-16(21)14-20-18(15-8-3-2-4-9-15)17-11-5-6-12-19-17/h2-6,8-9,11-12,16,18,20H,7,10,13-14H2,1H3/t16-,18?/m1/s1. The van der Waals surface area contributed by atoms with Gasteiger partial charge in [-0.05, 0) is 30.5 Å². The molecule has 1 aromatic carbocycles. The van der Waals surface area contributed by atoms with E-state index in [2.05, 4.69) is 22.4 Å². The Bertz CT molecular complexity index is 711. The van der Waals surface area contributed by atoms with Crippen LogP contribution in [0.2, 0.25) is 0 Å². The van der Waals surface area contributed by atoms with E-state index in [9.17, 15) is 8.42 Å². The number of hydrogen-bond acceptors (Lipinski definition) is 4. The van der Waals surface area contributed by atoms with Gasteiger partial charge in [-0.3, -0.25) is 4.98 Å². The van der Waals surface area contributed by atoms with Gasteiger partial charge in [0.1, 0.15) is 0 Å². The summed E-state index contributed by atoms with van der Waals surface area (Å²) in [6.45, 7) is 1.23. The smallest absolute Gasteiger partial charge is 0.211 e. The molecule has 0 spiro atoms. The molecule has 1 fully saturated rings. The van der Waals surface area contributed by atoms with Gasteiger partial charge in [-0.25, -0.2) is 8.42 Å². The Labute approximate surface area is 143 Å². The summed E-state index contributed by atoms with van der Waals surface area (Å²) >= 11 is 0. The molecule has 6 heteroatoms. The van der Waals surface area contributed by atoms with Crippen molar-refractivity contribution in [3.8, 4) is 0 Å². The van der Waals surface area contributed by atoms with Gasteiger partial charge in [0.2, 0.25) is 10.0 Å². The van der Waals surface area contributed by atoms with E-state index in [1.165, 1.54) is 6.26 Å². The summed E-state index contributed by atoms with van der Waals surface area (Å²) < 4.78 is 25.4. The molecule has 0 amide bonds. The molecule has 2 heterocycles. The van der Waals surface area contributed by atoms with Crippen LogP contribution in [-0.4, -0.2) is 43.1 Å². The number of rotatable bonds is 6. The molecule has 1 aromatic heterocycles. The van der Waals surface area contributed by atoms with E-state index in [1.807, 2.05) is 36.4 Å². The van der Waals surface area contributed by atoms with E-state index in [-0.39, 0.29) is 12.1 Å². The van der Waals surface area contributed by atoms with Crippen molar-refractivity contribution in [3.05, 3.63) is 66.0 Å². The van der Waals surface area contributed by atoms with Crippen LogP contribution >= 0.6 is 0 Å². The second kappa shape index (κ2) is 7.42. The molecular formula is C18H23N3O2S. The summed E-state index contributed by atoms with van der Waals surface area (Å²) in [6.07, 6.45) is 4.88. The molecule has 2 atom stereocenters. The van der Waals surface area contributed by atoms with Gasteiger partial charge >= 0.3 is 0 Å². The lowest BCUT2D eigenvalue weighted by Gasteiger charge is -2.26. The molecule has 24 heavy (non-hydrogen) atoms. The predicted molar refractivity (Wildman–Crippen MR) is 95.1 cm³/mol. The van der Waals surface area contributed by atoms with E-state index >= 15 is 0 Å². The molecule has 1 saturated heterocycles. The largest absolute Gasteiger partial charge is 0.303 e. The van der Waals surface area contributed by atoms with Gasteiger partial charge in [0, 0.05) is 25.3 Å². The first-order valence-corrected chi connectivity index (χ1v) is 10.1. The quantitative estimate of drug-likeness (QED) is 0.872. The number of sulfonamides is 1. The molecule has 1 aliphatic rings. The monoisotopic (exact) mass is 345 g/mol. The number of nitrogens with one attached hydrogen (secondary N) is 1. The maximum absolute atomic E-state index is 11.9. The highest BCUT2D eigenvalue weighted by Crippen LogP contribution is 2.23. The zero-order valence-electron chi connectivity index (χ0n) is 13.8. The van der Waals surface area contributed by atoms with Gasteiger partial charge < -0.3 is 5.32 Å². The summed E-state index contributed by atoms with van der Waals surface area (Å²) in [5.41, 5.74) is 2.06. The second-order valence-corrected chi connectivity index (χ2v) is 8.11. The minimum absolute atomic E-state index is 0.00919. The van der Waals surface area contributed by atoms with Crippen LogP contribution in [0, 0.1) is 0 Å². The Balaban J connectivity index is 1.78. The Morgan fingerprint density at radius 1 is 1.21 bits per heavy atom. The van der Waals surface area contributed by atoms with Crippen LogP contribution in [0.25, 0.3) is 0 Å². The van der Waals surface area contributed by atoms with Gasteiger partial charge in [-0.1, -0.05) is 36.4 Å². The van der Waals surface area contributed by atoms with Crippen molar-refractivity contribution in [1.82, 2.24) is 14.6 Å². The van der Waals surface area contributed by atoms with Crippen LogP contribution in [0.1, 0.15) is 30.1 Å². The predicted octanol–water partition coefficient (Wildman–Crippen LogP) is 2.18. The van der Waals surface area contributed by atoms with Crippen LogP contribution < -0.4 is 5.32 Å². The number of hydrogen-bond donors (Lipinski definition) is 1. The fourth-order valence-corrected chi connectivity index (χ4v) is 4.47. The molecule has 0 saturated carbocycles. The summed E-state index contributed by atoms with van der Waals surface area (Å²) in [5, 5.41) is 3.53. The molecule has 128 valence electrons. The maximum Gasteiger partial charge on any atom is 0.211 e. The Kier molecular flexibility index (Phi) is 5.28. The molecule has 3 rings (SSSR count). The highest BCUT2D eigenvalue weighted by atomic mass is 32.2. The zero-order chi connectivity index (χ0) is 17.0. The lowest BCUT2D eigenvalue weighted by atomic mass is 10.0. The molecule has 1 unspecified atom stereocenters. The minimum atomic E-state index is -3.15. The van der Waals surface area contributed by atoms with Crippen molar-refractivity contribution in [3.63, 3.8) is 0 Å². The van der Waals surface area contributed by atoms with Crippen molar-refractivity contribution < 1.29 is 8.42 Å². The van der Waals surface area contributed by atoms with E-state index < -0.39 is 10.0 Å². The van der Waals surface area contributed by atoms with E-state index in [0.717, 1.165) is 24.1 Å². The zero-order valence-corrected chi connectivity index (χ0v) is 14.6. The Morgan fingerprint density at radius 3 is 2.62 bits per heavy atom. The van der Waals surface area contributed by atoms with Gasteiger partial charge in [-0.2, -0.15) is 4.31 Å². The first-order valence-electron chi connectivity index (χ1n) is 8.22. The fourth-order valence-electron chi connectivity index (χ4n) is 3.29. The van der Waals surface area contributed by atoms with Gasteiger partial charge in [0.25, 0.3) is 0 Å². The first-order chi connectivity index (χ1) is 11.6. The molecule has 1 aliphatic heterocycles. The molecular weight excluding hydrogens is 322 g/mol. The van der Waals surface area contributed by atoms with Crippen LogP contribution in [0.4, 0.5) is 0 Å². The lowest BCUT2D eigenvalue weighted by Crippen LogP contribution is -2.42. The molecule has 1 N–H and O–H groups in total. The third-order valence-electron chi connectivity index (χ3n) is 4.42. The van der Waals surface area contributed by atoms with E-state index in [1.54, 1.807) is 10.5 Å². The van der Waals surface area contributed by atoms with Crippen LogP contribution in [0.5, 0.6) is 0 Å². The van der Waals surface area contributed by atoms with Crippen molar-refractivity contribution in [1.29, 1.82) is 0 Å².